The SMILES string of the molecule is CP(C)(=O)c1ccccc1-c1ccc(N2CC[C@@H](NC(=O)Nc3ccc(C(F)(F)F)cc3F)C2=O)c(Cl)c1F. The molecule has 3 aromatic rings. The molecule has 0 saturated carbocycles. The van der Waals surface area contributed by atoms with Gasteiger partial charge in [0.1, 0.15) is 24.0 Å². The second-order valence-corrected chi connectivity index (χ2v) is 12.8. The number of nitrogens with zero attached hydrogens (tertiary/aromatic N) is 1. The highest BCUT2D eigenvalue weighted by molar-refractivity contribution is 7.70. The fourth-order valence-corrected chi connectivity index (χ4v) is 5.78. The molecule has 4 rings (SSSR count). The van der Waals surface area contributed by atoms with Crippen molar-refractivity contribution in [2.24, 2.45) is 0 Å². The molecule has 2 N–H and O–H groups in total. The van der Waals surface area contributed by atoms with Crippen LogP contribution in [-0.4, -0.2) is 37.9 Å². The smallest absolute Gasteiger partial charge is 0.326 e. The van der Waals surface area contributed by atoms with Gasteiger partial charge in [0.2, 0.25) is 5.91 Å². The lowest BCUT2D eigenvalue weighted by Crippen LogP contribution is -2.43. The second kappa shape index (κ2) is 10.6. The first-order chi connectivity index (χ1) is 18.2. The lowest BCUT2D eigenvalue weighted by molar-refractivity contribution is -0.137. The van der Waals surface area contributed by atoms with E-state index in [1.54, 1.807) is 37.6 Å². The summed E-state index contributed by atoms with van der Waals surface area (Å²) < 4.78 is 80.4. The molecular weight excluding hydrogens is 564 g/mol. The van der Waals surface area contributed by atoms with Crippen molar-refractivity contribution in [3.05, 3.63) is 76.8 Å². The van der Waals surface area contributed by atoms with Gasteiger partial charge in [0, 0.05) is 17.4 Å². The van der Waals surface area contributed by atoms with Gasteiger partial charge in [-0.15, -0.1) is 0 Å². The Morgan fingerprint density at radius 3 is 2.38 bits per heavy atom. The minimum Gasteiger partial charge on any atom is -0.326 e. The normalized spacial score (nSPS) is 15.9. The third-order valence-corrected chi connectivity index (χ3v) is 8.09. The van der Waals surface area contributed by atoms with Crippen LogP contribution in [0.2, 0.25) is 5.02 Å². The van der Waals surface area contributed by atoms with E-state index in [-0.39, 0.29) is 35.3 Å². The van der Waals surface area contributed by atoms with Crippen LogP contribution >= 0.6 is 18.7 Å². The van der Waals surface area contributed by atoms with Crippen molar-refractivity contribution < 1.29 is 36.1 Å². The van der Waals surface area contributed by atoms with E-state index in [1.165, 1.54) is 17.0 Å². The number of carbonyl (C=O) groups excluding carboxylic acids is 2. The number of hydrogen-bond acceptors (Lipinski definition) is 3. The van der Waals surface area contributed by atoms with E-state index < -0.39 is 54.2 Å². The molecule has 1 fully saturated rings. The fourth-order valence-electron chi connectivity index (χ4n) is 4.29. The molecule has 1 aliphatic rings. The molecule has 1 heterocycles. The van der Waals surface area contributed by atoms with Gasteiger partial charge in [-0.25, -0.2) is 13.6 Å². The van der Waals surface area contributed by atoms with Crippen LogP contribution in [0.5, 0.6) is 0 Å². The Hall–Kier alpha value is -3.43. The van der Waals surface area contributed by atoms with Crippen molar-refractivity contribution in [2.45, 2.75) is 18.6 Å². The minimum absolute atomic E-state index is 0.0649. The topological polar surface area (TPSA) is 78.5 Å². The molecule has 206 valence electrons. The Balaban J connectivity index is 1.50. The number of anilines is 2. The molecule has 0 aromatic heterocycles. The molecule has 0 unspecified atom stereocenters. The van der Waals surface area contributed by atoms with Crippen molar-refractivity contribution in [3.8, 4) is 11.1 Å². The van der Waals surface area contributed by atoms with E-state index in [0.717, 1.165) is 6.07 Å². The number of nitrogens with one attached hydrogen (secondary N) is 2. The maximum absolute atomic E-state index is 15.4. The number of carbonyl (C=O) groups is 2. The quantitative estimate of drug-likeness (QED) is 0.266. The Morgan fingerprint density at radius 1 is 1.05 bits per heavy atom. The fraction of sp³-hybridized carbons (Fsp3) is 0.231. The lowest BCUT2D eigenvalue weighted by Gasteiger charge is -2.21. The average molecular weight is 586 g/mol. The van der Waals surface area contributed by atoms with Gasteiger partial charge in [-0.05, 0) is 55.6 Å². The molecule has 0 spiro atoms. The molecule has 1 saturated heterocycles. The Bertz CT molecular complexity index is 1510. The number of amides is 3. The summed E-state index contributed by atoms with van der Waals surface area (Å²) in [5.41, 5.74) is -1.13. The van der Waals surface area contributed by atoms with Crippen LogP contribution in [0.25, 0.3) is 11.1 Å². The highest BCUT2D eigenvalue weighted by Gasteiger charge is 2.36. The standard InChI is InChI=1S/C26H22ClF5N3O3P/c1-39(2,38)21-6-4-3-5-15(21)16-8-10-20(22(27)23(16)29)35-12-11-19(24(35)36)34-25(37)33-18-9-7-14(13-17(18)28)26(30,31)32/h3-10,13,19H,11-12H2,1-2H3,(H2,33,34,37)/t19-/m1/s1. The summed E-state index contributed by atoms with van der Waals surface area (Å²) in [7, 11) is -2.75. The van der Waals surface area contributed by atoms with Crippen LogP contribution in [0.1, 0.15) is 12.0 Å². The highest BCUT2D eigenvalue weighted by atomic mass is 35.5. The van der Waals surface area contributed by atoms with Gasteiger partial charge in [0.15, 0.2) is 5.82 Å². The molecule has 39 heavy (non-hydrogen) atoms. The van der Waals surface area contributed by atoms with Crippen molar-refractivity contribution in [2.75, 3.05) is 30.1 Å². The zero-order chi connectivity index (χ0) is 28.7. The summed E-state index contributed by atoms with van der Waals surface area (Å²) >= 11 is 6.32. The van der Waals surface area contributed by atoms with Crippen molar-refractivity contribution in [1.82, 2.24) is 5.32 Å². The number of rotatable bonds is 5. The van der Waals surface area contributed by atoms with Gasteiger partial charge in [-0.2, -0.15) is 13.2 Å². The van der Waals surface area contributed by atoms with Crippen LogP contribution in [0.3, 0.4) is 0 Å². The first kappa shape index (κ1) is 28.6. The summed E-state index contributed by atoms with van der Waals surface area (Å²) in [6.07, 6.45) is -4.64. The summed E-state index contributed by atoms with van der Waals surface area (Å²) in [6.45, 7) is 3.21. The summed E-state index contributed by atoms with van der Waals surface area (Å²) in [6, 6.07) is 9.07. The van der Waals surface area contributed by atoms with Crippen molar-refractivity contribution in [3.63, 3.8) is 0 Å². The van der Waals surface area contributed by atoms with Crippen LogP contribution in [0.4, 0.5) is 38.1 Å². The Kier molecular flexibility index (Phi) is 7.78. The van der Waals surface area contributed by atoms with Gasteiger partial charge < -0.3 is 20.1 Å². The zero-order valence-corrected chi connectivity index (χ0v) is 22.2. The maximum atomic E-state index is 15.4. The van der Waals surface area contributed by atoms with Crippen molar-refractivity contribution >= 4 is 47.4 Å². The number of hydrogen-bond donors (Lipinski definition) is 2. The highest BCUT2D eigenvalue weighted by Crippen LogP contribution is 2.42. The zero-order valence-electron chi connectivity index (χ0n) is 20.6. The molecule has 0 radical (unpaired) electrons. The number of halogens is 6. The third kappa shape index (κ3) is 5.94. The van der Waals surface area contributed by atoms with Crippen LogP contribution in [0.15, 0.2) is 54.6 Å². The van der Waals surface area contributed by atoms with Crippen LogP contribution in [0, 0.1) is 11.6 Å². The van der Waals surface area contributed by atoms with Crippen molar-refractivity contribution in [1.29, 1.82) is 0 Å². The largest absolute Gasteiger partial charge is 0.416 e. The summed E-state index contributed by atoms with van der Waals surface area (Å²) in [5, 5.41) is 4.57. The Labute approximate surface area is 225 Å². The van der Waals surface area contributed by atoms with E-state index in [4.69, 9.17) is 11.6 Å². The van der Waals surface area contributed by atoms with Gasteiger partial charge in [0.05, 0.1) is 16.9 Å². The van der Waals surface area contributed by atoms with Gasteiger partial charge in [0.25, 0.3) is 0 Å². The predicted octanol–water partition coefficient (Wildman–Crippen LogP) is 6.48. The number of benzene rings is 3. The molecule has 6 nitrogen and oxygen atoms in total. The van der Waals surface area contributed by atoms with Gasteiger partial charge >= 0.3 is 12.2 Å². The molecular formula is C26H22ClF5N3O3P. The van der Waals surface area contributed by atoms with E-state index in [0.29, 0.717) is 16.9 Å². The molecule has 1 aliphatic heterocycles. The van der Waals surface area contributed by atoms with Crippen LogP contribution < -0.4 is 20.8 Å². The molecule has 3 aromatic carbocycles. The van der Waals surface area contributed by atoms with E-state index in [2.05, 4.69) is 10.6 Å². The minimum atomic E-state index is -4.75. The second-order valence-electron chi connectivity index (χ2n) is 9.25. The predicted molar refractivity (Wildman–Crippen MR) is 140 cm³/mol. The molecule has 13 heteroatoms. The molecule has 1 atom stereocenters. The summed E-state index contributed by atoms with van der Waals surface area (Å²) in [5.74, 6) is -2.72. The lowest BCUT2D eigenvalue weighted by atomic mass is 10.0. The number of urea groups is 1. The van der Waals surface area contributed by atoms with E-state index in [1.807, 2.05) is 0 Å². The average Bonchev–Trinajstić information content (AvgIpc) is 3.20. The van der Waals surface area contributed by atoms with E-state index in [9.17, 15) is 31.7 Å². The molecule has 0 aliphatic carbocycles. The number of alkyl halides is 3. The Morgan fingerprint density at radius 2 is 1.74 bits per heavy atom. The maximum Gasteiger partial charge on any atom is 0.416 e. The summed E-state index contributed by atoms with van der Waals surface area (Å²) in [4.78, 5) is 26.5. The van der Waals surface area contributed by atoms with Gasteiger partial charge in [-0.1, -0.05) is 35.9 Å². The molecule has 3 amide bonds. The van der Waals surface area contributed by atoms with Gasteiger partial charge in [-0.3, -0.25) is 4.79 Å². The van der Waals surface area contributed by atoms with E-state index >= 15 is 4.39 Å². The first-order valence-electron chi connectivity index (χ1n) is 11.6. The third-order valence-electron chi connectivity index (χ3n) is 6.18. The van der Waals surface area contributed by atoms with Crippen LogP contribution in [-0.2, 0) is 15.5 Å². The monoisotopic (exact) mass is 585 g/mol. The molecule has 0 bridgehead atoms. The first-order valence-corrected chi connectivity index (χ1v) is 14.5.